The first-order chi connectivity index (χ1) is 14.6. The van der Waals surface area contributed by atoms with Crippen LogP contribution in [0.4, 0.5) is 0 Å². The predicted molar refractivity (Wildman–Crippen MR) is 113 cm³/mol. The molecule has 0 radical (unpaired) electrons. The van der Waals surface area contributed by atoms with Crippen molar-refractivity contribution >= 4 is 5.91 Å². The van der Waals surface area contributed by atoms with E-state index in [1.165, 1.54) is 10.2 Å². The van der Waals surface area contributed by atoms with Crippen LogP contribution < -0.4 is 5.76 Å². The molecule has 2 fully saturated rings. The summed E-state index contributed by atoms with van der Waals surface area (Å²) in [5.74, 6) is 0.134. The summed E-state index contributed by atoms with van der Waals surface area (Å²) in [7, 11) is 0. The Hall–Kier alpha value is -3.15. The van der Waals surface area contributed by atoms with E-state index < -0.39 is 5.76 Å². The first kappa shape index (κ1) is 18.9. The first-order valence-corrected chi connectivity index (χ1v) is 10.6. The molecule has 2 aliphatic rings. The second kappa shape index (κ2) is 7.27. The highest BCUT2D eigenvalue weighted by molar-refractivity contribution is 5.91. The molecule has 1 saturated heterocycles. The Morgan fingerprint density at radius 2 is 1.70 bits per heavy atom. The summed E-state index contributed by atoms with van der Waals surface area (Å²) in [5.41, 5.74) is 2.78. The van der Waals surface area contributed by atoms with Crippen LogP contribution in [0.3, 0.4) is 0 Å². The lowest BCUT2D eigenvalue weighted by Gasteiger charge is -2.34. The van der Waals surface area contributed by atoms with Crippen molar-refractivity contribution in [2.75, 3.05) is 13.1 Å². The molecule has 0 spiro atoms. The topological polar surface area (TPSA) is 68.3 Å². The van der Waals surface area contributed by atoms with E-state index in [0.717, 1.165) is 24.0 Å². The van der Waals surface area contributed by atoms with Gasteiger partial charge in [-0.1, -0.05) is 48.0 Å². The van der Waals surface area contributed by atoms with E-state index in [2.05, 4.69) is 36.3 Å². The van der Waals surface area contributed by atoms with Crippen molar-refractivity contribution in [3.05, 3.63) is 76.3 Å². The number of carbonyl (C=O) groups excluding carboxylic acids is 1. The lowest BCUT2D eigenvalue weighted by molar-refractivity contribution is -0.135. The molecule has 0 atom stereocenters. The van der Waals surface area contributed by atoms with Crippen LogP contribution in [0, 0.1) is 6.92 Å². The molecule has 6 nitrogen and oxygen atoms in total. The lowest BCUT2D eigenvalue weighted by atomic mass is 9.92. The molecule has 2 heterocycles. The molecule has 154 valence electrons. The predicted octanol–water partition coefficient (Wildman–Crippen LogP) is 3.71. The van der Waals surface area contributed by atoms with E-state index in [9.17, 15) is 9.59 Å². The number of amides is 1. The fourth-order valence-corrected chi connectivity index (χ4v) is 4.46. The molecule has 1 aliphatic carbocycles. The number of hydrogen-bond donors (Lipinski definition) is 0. The van der Waals surface area contributed by atoms with Gasteiger partial charge in [0.25, 0.3) is 0 Å². The molecule has 6 heteroatoms. The quantitative estimate of drug-likeness (QED) is 0.666. The number of aryl methyl sites for hydroxylation is 1. The van der Waals surface area contributed by atoms with Crippen LogP contribution in [0.25, 0.3) is 11.5 Å². The molecule has 0 N–H and O–H groups in total. The molecule has 5 rings (SSSR count). The van der Waals surface area contributed by atoms with E-state index in [0.29, 0.717) is 31.8 Å². The zero-order valence-electron chi connectivity index (χ0n) is 17.1. The van der Waals surface area contributed by atoms with Crippen molar-refractivity contribution in [1.29, 1.82) is 0 Å². The zero-order chi connectivity index (χ0) is 20.7. The molecule has 0 bridgehead atoms. The van der Waals surface area contributed by atoms with E-state index in [1.54, 1.807) is 0 Å². The smallest absolute Gasteiger partial charge is 0.388 e. The van der Waals surface area contributed by atoms with Gasteiger partial charge in [0.05, 0.1) is 11.5 Å². The van der Waals surface area contributed by atoms with Crippen LogP contribution >= 0.6 is 0 Å². The number of hydrogen-bond acceptors (Lipinski definition) is 4. The Bertz CT molecular complexity index is 1100. The number of rotatable bonds is 4. The van der Waals surface area contributed by atoms with E-state index in [1.807, 2.05) is 35.2 Å². The zero-order valence-corrected chi connectivity index (χ0v) is 17.1. The average Bonchev–Trinajstić information content (AvgIpc) is 3.50. The molecule has 3 aromatic rings. The molecular weight excluding hydrogens is 378 g/mol. The monoisotopic (exact) mass is 403 g/mol. The highest BCUT2D eigenvalue weighted by Gasteiger charge is 2.53. The van der Waals surface area contributed by atoms with Gasteiger partial charge in [0.2, 0.25) is 11.8 Å². The third-order valence-electron chi connectivity index (χ3n) is 6.45. The number of piperidine rings is 1. The average molecular weight is 403 g/mol. The van der Waals surface area contributed by atoms with E-state index in [4.69, 9.17) is 4.42 Å². The first-order valence-electron chi connectivity index (χ1n) is 10.6. The Labute approximate surface area is 175 Å². The van der Waals surface area contributed by atoms with Gasteiger partial charge < -0.3 is 9.32 Å². The van der Waals surface area contributed by atoms with Gasteiger partial charge in [0.1, 0.15) is 0 Å². The van der Waals surface area contributed by atoms with Gasteiger partial charge in [-0.15, -0.1) is 5.10 Å². The second-order valence-corrected chi connectivity index (χ2v) is 8.46. The van der Waals surface area contributed by atoms with E-state index >= 15 is 0 Å². The van der Waals surface area contributed by atoms with Crippen molar-refractivity contribution < 1.29 is 9.21 Å². The largest absolute Gasteiger partial charge is 0.437 e. The molecule has 1 aliphatic heterocycles. The maximum Gasteiger partial charge on any atom is 0.437 e. The van der Waals surface area contributed by atoms with Crippen molar-refractivity contribution in [3.8, 4) is 11.5 Å². The fraction of sp³-hybridized carbons (Fsp3) is 0.375. The maximum absolute atomic E-state index is 13.3. The molecule has 1 aromatic heterocycles. The molecule has 1 amide bonds. The Morgan fingerprint density at radius 3 is 2.33 bits per heavy atom. The molecule has 0 unspecified atom stereocenters. The van der Waals surface area contributed by atoms with Crippen molar-refractivity contribution in [2.45, 2.75) is 44.1 Å². The van der Waals surface area contributed by atoms with Crippen LogP contribution in [0.1, 0.15) is 42.9 Å². The lowest BCUT2D eigenvalue weighted by Crippen LogP contribution is -2.45. The number of nitrogens with zero attached hydrogens (tertiary/aromatic N) is 3. The molecule has 30 heavy (non-hydrogen) atoms. The Kier molecular flexibility index (Phi) is 4.57. The van der Waals surface area contributed by atoms with Crippen LogP contribution in [-0.4, -0.2) is 33.7 Å². The fourth-order valence-electron chi connectivity index (χ4n) is 4.46. The van der Waals surface area contributed by atoms with Crippen molar-refractivity contribution in [2.24, 2.45) is 0 Å². The van der Waals surface area contributed by atoms with Gasteiger partial charge in [-0.05, 0) is 50.3 Å². The summed E-state index contributed by atoms with van der Waals surface area (Å²) in [5, 5.41) is 4.42. The van der Waals surface area contributed by atoms with Gasteiger partial charge in [-0.2, -0.15) is 4.68 Å². The number of benzene rings is 2. The SMILES string of the molecule is Cc1ccc(C2(C(=O)N3CCC(n4nc(-c5ccccc5)oc4=O)CC3)CC2)cc1. The minimum absolute atomic E-state index is 0.0442. The summed E-state index contributed by atoms with van der Waals surface area (Å²) in [6, 6.07) is 17.7. The van der Waals surface area contributed by atoms with Gasteiger partial charge in [0.15, 0.2) is 0 Å². The number of carbonyl (C=O) groups is 1. The van der Waals surface area contributed by atoms with Crippen LogP contribution in [0.15, 0.2) is 63.8 Å². The standard InChI is InChI=1S/C24H25N3O3/c1-17-7-9-19(10-8-17)24(13-14-24)22(28)26-15-11-20(12-16-26)27-23(29)30-21(25-27)18-5-3-2-4-6-18/h2-10,20H,11-16H2,1H3. The minimum atomic E-state index is -0.433. The van der Waals surface area contributed by atoms with Gasteiger partial charge >= 0.3 is 5.76 Å². The number of likely N-dealkylation sites (tertiary alicyclic amines) is 1. The summed E-state index contributed by atoms with van der Waals surface area (Å²) < 4.78 is 6.83. The summed E-state index contributed by atoms with van der Waals surface area (Å²) in [4.78, 5) is 27.6. The van der Waals surface area contributed by atoms with Gasteiger partial charge in [0, 0.05) is 18.7 Å². The van der Waals surface area contributed by atoms with Gasteiger partial charge in [-0.25, -0.2) is 4.79 Å². The summed E-state index contributed by atoms with van der Waals surface area (Å²) in [6.45, 7) is 3.33. The molecule has 2 aromatic carbocycles. The highest BCUT2D eigenvalue weighted by atomic mass is 16.4. The molecular formula is C24H25N3O3. The van der Waals surface area contributed by atoms with Crippen molar-refractivity contribution in [1.82, 2.24) is 14.7 Å². The van der Waals surface area contributed by atoms with Crippen LogP contribution in [0.2, 0.25) is 0 Å². The third kappa shape index (κ3) is 3.26. The van der Waals surface area contributed by atoms with E-state index in [-0.39, 0.29) is 17.4 Å². The summed E-state index contributed by atoms with van der Waals surface area (Å²) >= 11 is 0. The minimum Gasteiger partial charge on any atom is -0.388 e. The Morgan fingerprint density at radius 1 is 1.03 bits per heavy atom. The molecule has 1 saturated carbocycles. The highest BCUT2D eigenvalue weighted by Crippen LogP contribution is 2.50. The normalized spacial score (nSPS) is 18.4. The maximum atomic E-state index is 13.3. The second-order valence-electron chi connectivity index (χ2n) is 8.46. The van der Waals surface area contributed by atoms with Gasteiger partial charge in [-0.3, -0.25) is 4.79 Å². The van der Waals surface area contributed by atoms with Crippen LogP contribution in [-0.2, 0) is 10.2 Å². The third-order valence-corrected chi connectivity index (χ3v) is 6.45. The Balaban J connectivity index is 1.28. The van der Waals surface area contributed by atoms with Crippen molar-refractivity contribution in [3.63, 3.8) is 0 Å². The summed E-state index contributed by atoms with van der Waals surface area (Å²) in [6.07, 6.45) is 3.24. The van der Waals surface area contributed by atoms with Crippen LogP contribution in [0.5, 0.6) is 0 Å². The number of aromatic nitrogens is 2.